The topological polar surface area (TPSA) is 89.0 Å². The molecule has 148 valence electrons. The number of rotatable bonds is 7. The molecule has 2 rings (SSSR count). The zero-order chi connectivity index (χ0) is 20.7. The predicted molar refractivity (Wildman–Crippen MR) is 110 cm³/mol. The highest BCUT2D eigenvalue weighted by Gasteiger charge is 2.13. The summed E-state index contributed by atoms with van der Waals surface area (Å²) in [5.41, 5.74) is 3.49. The second kappa shape index (κ2) is 9.96. The van der Waals surface area contributed by atoms with E-state index in [2.05, 4.69) is 15.8 Å². The molecule has 0 unspecified atom stereocenters. The molecule has 2 amide bonds. The van der Waals surface area contributed by atoms with Crippen LogP contribution in [0.1, 0.15) is 23.7 Å². The van der Waals surface area contributed by atoms with Gasteiger partial charge in [0.25, 0.3) is 5.91 Å². The minimum Gasteiger partial charge on any atom is -0.497 e. The maximum Gasteiger partial charge on any atom is 0.275 e. The predicted octanol–water partition coefficient (Wildman–Crippen LogP) is 4.15. The van der Waals surface area contributed by atoms with E-state index in [0.717, 1.165) is 0 Å². The van der Waals surface area contributed by atoms with Gasteiger partial charge in [-0.2, -0.15) is 5.10 Å². The van der Waals surface area contributed by atoms with E-state index in [1.807, 2.05) is 0 Å². The van der Waals surface area contributed by atoms with Crippen LogP contribution < -0.4 is 20.2 Å². The van der Waals surface area contributed by atoms with Gasteiger partial charge in [0.05, 0.1) is 36.9 Å². The second-order valence-corrected chi connectivity index (χ2v) is 6.55. The van der Waals surface area contributed by atoms with E-state index in [4.69, 9.17) is 32.7 Å². The van der Waals surface area contributed by atoms with Gasteiger partial charge in [0.2, 0.25) is 5.91 Å². The number of halogens is 2. The maximum absolute atomic E-state index is 12.3. The normalized spacial score (nSPS) is 11.0. The summed E-state index contributed by atoms with van der Waals surface area (Å²) in [6.45, 7) is 1.62. The molecule has 0 atom stereocenters. The first-order chi connectivity index (χ1) is 13.3. The lowest BCUT2D eigenvalue weighted by molar-refractivity contribution is -0.115. The van der Waals surface area contributed by atoms with Gasteiger partial charge in [-0.25, -0.2) is 5.43 Å². The number of benzene rings is 2. The summed E-state index contributed by atoms with van der Waals surface area (Å²) in [5.74, 6) is 0.0845. The quantitative estimate of drug-likeness (QED) is 0.517. The molecule has 2 aromatic carbocycles. The average Bonchev–Trinajstić information content (AvgIpc) is 2.68. The fourth-order valence-corrected chi connectivity index (χ4v) is 2.59. The van der Waals surface area contributed by atoms with Crippen molar-refractivity contribution in [1.82, 2.24) is 5.43 Å². The fourth-order valence-electron chi connectivity index (χ4n) is 2.25. The third kappa shape index (κ3) is 5.87. The van der Waals surface area contributed by atoms with Crippen molar-refractivity contribution in [3.05, 3.63) is 52.0 Å². The number of carbonyl (C=O) groups excluding carboxylic acids is 2. The average molecular weight is 424 g/mol. The summed E-state index contributed by atoms with van der Waals surface area (Å²) in [6, 6.07) is 9.54. The minimum atomic E-state index is -0.475. The zero-order valence-electron chi connectivity index (χ0n) is 15.5. The number of nitrogens with zero attached hydrogens (tertiary/aromatic N) is 1. The Morgan fingerprint density at radius 3 is 2.50 bits per heavy atom. The van der Waals surface area contributed by atoms with E-state index in [1.165, 1.54) is 14.2 Å². The maximum atomic E-state index is 12.3. The molecule has 2 N–H and O–H groups in total. The number of methoxy groups -OCH3 is 2. The molecule has 0 fully saturated rings. The van der Waals surface area contributed by atoms with Crippen LogP contribution in [-0.2, 0) is 4.79 Å². The highest BCUT2D eigenvalue weighted by Crippen LogP contribution is 2.26. The van der Waals surface area contributed by atoms with Crippen molar-refractivity contribution in [1.29, 1.82) is 0 Å². The lowest BCUT2D eigenvalue weighted by Gasteiger charge is -2.10. The number of hydrogen-bond donors (Lipinski definition) is 2. The monoisotopic (exact) mass is 423 g/mol. The summed E-state index contributed by atoms with van der Waals surface area (Å²) in [7, 11) is 2.97. The third-order valence-corrected chi connectivity index (χ3v) is 4.19. The molecule has 0 heterocycles. The molecular formula is C19H19Cl2N3O4. The molecule has 0 spiro atoms. The number of nitrogens with one attached hydrogen (secondary N) is 2. The van der Waals surface area contributed by atoms with Gasteiger partial charge in [-0.3, -0.25) is 9.59 Å². The van der Waals surface area contributed by atoms with Gasteiger partial charge in [-0.1, -0.05) is 23.2 Å². The number of ether oxygens (including phenoxy) is 2. The van der Waals surface area contributed by atoms with Gasteiger partial charge in [-0.05, 0) is 37.3 Å². The molecule has 9 heteroatoms. The number of anilines is 1. The van der Waals surface area contributed by atoms with E-state index in [1.54, 1.807) is 43.3 Å². The molecule has 0 aromatic heterocycles. The van der Waals surface area contributed by atoms with E-state index in [9.17, 15) is 9.59 Å². The van der Waals surface area contributed by atoms with Gasteiger partial charge in [0, 0.05) is 16.8 Å². The molecule has 0 aliphatic carbocycles. The van der Waals surface area contributed by atoms with Crippen LogP contribution in [-0.4, -0.2) is 31.7 Å². The Labute approximate surface area is 172 Å². The Morgan fingerprint density at radius 2 is 1.82 bits per heavy atom. The van der Waals surface area contributed by atoms with E-state index >= 15 is 0 Å². The zero-order valence-corrected chi connectivity index (χ0v) is 17.0. The van der Waals surface area contributed by atoms with Gasteiger partial charge in [-0.15, -0.1) is 0 Å². The van der Waals surface area contributed by atoms with Crippen LogP contribution in [0.15, 0.2) is 41.5 Å². The van der Waals surface area contributed by atoms with Crippen LogP contribution in [0.2, 0.25) is 10.0 Å². The smallest absolute Gasteiger partial charge is 0.275 e. The van der Waals surface area contributed by atoms with Crippen LogP contribution in [0.3, 0.4) is 0 Å². The van der Waals surface area contributed by atoms with Gasteiger partial charge in [0.1, 0.15) is 11.5 Å². The Bertz CT molecular complexity index is 916. The third-order valence-electron chi connectivity index (χ3n) is 3.62. The van der Waals surface area contributed by atoms with Crippen LogP contribution in [0.25, 0.3) is 0 Å². The summed E-state index contributed by atoms with van der Waals surface area (Å²) in [6.07, 6.45) is -0.0388. The Balaban J connectivity index is 1.99. The molecule has 0 bridgehead atoms. The largest absolute Gasteiger partial charge is 0.497 e. The van der Waals surface area contributed by atoms with Gasteiger partial charge in [0.15, 0.2) is 0 Å². The molecule has 0 aliphatic rings. The Hall–Kier alpha value is -2.77. The summed E-state index contributed by atoms with van der Waals surface area (Å²) >= 11 is 11.9. The second-order valence-electron chi connectivity index (χ2n) is 5.70. The Morgan fingerprint density at radius 1 is 1.07 bits per heavy atom. The van der Waals surface area contributed by atoms with Crippen LogP contribution in [0, 0.1) is 0 Å². The van der Waals surface area contributed by atoms with Crippen LogP contribution >= 0.6 is 23.2 Å². The summed E-state index contributed by atoms with van der Waals surface area (Å²) in [4.78, 5) is 24.4. The summed E-state index contributed by atoms with van der Waals surface area (Å²) in [5, 5.41) is 7.42. The lowest BCUT2D eigenvalue weighted by atomic mass is 10.2. The number of carbonyl (C=O) groups is 2. The highest BCUT2D eigenvalue weighted by atomic mass is 35.5. The number of amides is 2. The standard InChI is InChI=1S/C19H19Cl2N3O4/c1-11(8-18(25)22-16-9-12(20)4-7-15(16)21)23-24-19(26)14-6-5-13(27-2)10-17(14)28-3/h4-7,9-10H,8H2,1-3H3,(H,22,25)(H,24,26). The van der Waals surface area contributed by atoms with E-state index < -0.39 is 5.91 Å². The fraction of sp³-hybridized carbons (Fsp3) is 0.211. The van der Waals surface area contributed by atoms with Crippen molar-refractivity contribution in [2.24, 2.45) is 5.10 Å². The van der Waals surface area contributed by atoms with E-state index in [-0.39, 0.29) is 17.9 Å². The molecule has 0 saturated carbocycles. The van der Waals surface area contributed by atoms with Crippen molar-refractivity contribution in [2.75, 3.05) is 19.5 Å². The van der Waals surface area contributed by atoms with Crippen molar-refractivity contribution >= 4 is 46.4 Å². The van der Waals surface area contributed by atoms with Crippen molar-refractivity contribution < 1.29 is 19.1 Å². The Kier molecular flexibility index (Phi) is 7.66. The van der Waals surface area contributed by atoms with Gasteiger partial charge < -0.3 is 14.8 Å². The van der Waals surface area contributed by atoms with Crippen LogP contribution in [0.4, 0.5) is 5.69 Å². The summed E-state index contributed by atoms with van der Waals surface area (Å²) < 4.78 is 10.3. The molecule has 0 radical (unpaired) electrons. The van der Waals surface area contributed by atoms with Crippen molar-refractivity contribution in [2.45, 2.75) is 13.3 Å². The minimum absolute atomic E-state index is 0.0388. The SMILES string of the molecule is COc1ccc(C(=O)NN=C(C)CC(=O)Nc2cc(Cl)ccc2Cl)c(OC)c1. The number of hydrogen-bond acceptors (Lipinski definition) is 5. The van der Waals surface area contributed by atoms with Crippen molar-refractivity contribution in [3.63, 3.8) is 0 Å². The van der Waals surface area contributed by atoms with Crippen LogP contribution in [0.5, 0.6) is 11.5 Å². The van der Waals surface area contributed by atoms with E-state index in [0.29, 0.717) is 32.9 Å². The first-order valence-electron chi connectivity index (χ1n) is 8.14. The number of hydrazone groups is 1. The molecule has 0 saturated heterocycles. The van der Waals surface area contributed by atoms with Gasteiger partial charge >= 0.3 is 0 Å². The lowest BCUT2D eigenvalue weighted by Crippen LogP contribution is -2.22. The first-order valence-corrected chi connectivity index (χ1v) is 8.90. The molecular weight excluding hydrogens is 405 g/mol. The highest BCUT2D eigenvalue weighted by molar-refractivity contribution is 6.35. The molecule has 0 aliphatic heterocycles. The first kappa shape index (κ1) is 21.5. The molecule has 2 aromatic rings. The molecule has 28 heavy (non-hydrogen) atoms. The molecule has 7 nitrogen and oxygen atoms in total. The van der Waals surface area contributed by atoms with Crippen molar-refractivity contribution in [3.8, 4) is 11.5 Å².